The summed E-state index contributed by atoms with van der Waals surface area (Å²) in [5.74, 6) is 1.57. The molecule has 1 aromatic heterocycles. The third-order valence-corrected chi connectivity index (χ3v) is 7.01. The van der Waals surface area contributed by atoms with Gasteiger partial charge in [0.1, 0.15) is 11.1 Å². The molecule has 2 aromatic carbocycles. The minimum absolute atomic E-state index is 0.314. The molecule has 1 aliphatic rings. The minimum Gasteiger partial charge on any atom is -0.494 e. The van der Waals surface area contributed by atoms with E-state index in [0.29, 0.717) is 68.3 Å². The van der Waals surface area contributed by atoms with Crippen LogP contribution in [0.25, 0.3) is 10.9 Å². The molecule has 4 rings (SSSR count). The van der Waals surface area contributed by atoms with Gasteiger partial charge >= 0.3 is 0 Å². The summed E-state index contributed by atoms with van der Waals surface area (Å²) in [7, 11) is 3.66. The number of rotatable bonds is 10. The monoisotopic (exact) mass is 543 g/mol. The van der Waals surface area contributed by atoms with Crippen molar-refractivity contribution < 1.29 is 14.2 Å². The molecule has 3 aromatic rings. The largest absolute Gasteiger partial charge is 0.494 e. The average molecular weight is 544 g/mol. The number of aromatic nitrogens is 1. The zero-order valence-corrected chi connectivity index (χ0v) is 22.8. The number of nitriles is 1. The summed E-state index contributed by atoms with van der Waals surface area (Å²) in [5, 5.41) is 14.5. The van der Waals surface area contributed by atoms with Gasteiger partial charge in [-0.25, -0.2) is 0 Å². The Morgan fingerprint density at radius 3 is 2.57 bits per heavy atom. The summed E-state index contributed by atoms with van der Waals surface area (Å²) in [5.41, 5.74) is 2.13. The normalized spacial score (nSPS) is 14.4. The first kappa shape index (κ1) is 27.1. The van der Waals surface area contributed by atoms with Crippen molar-refractivity contribution in [2.75, 3.05) is 65.4 Å². The first-order valence-electron chi connectivity index (χ1n) is 12.3. The first-order valence-corrected chi connectivity index (χ1v) is 13.0. The van der Waals surface area contributed by atoms with Gasteiger partial charge < -0.3 is 29.3 Å². The maximum absolute atomic E-state index is 9.79. The Morgan fingerprint density at radius 1 is 1.11 bits per heavy atom. The molecule has 2 heterocycles. The van der Waals surface area contributed by atoms with Gasteiger partial charge in [-0.2, -0.15) is 5.26 Å². The molecule has 196 valence electrons. The third kappa shape index (κ3) is 6.31. The second-order valence-electron chi connectivity index (χ2n) is 8.82. The number of pyridine rings is 1. The number of benzene rings is 2. The van der Waals surface area contributed by atoms with Crippen molar-refractivity contribution in [3.8, 4) is 23.3 Å². The van der Waals surface area contributed by atoms with Crippen LogP contribution in [0.5, 0.6) is 17.2 Å². The highest BCUT2D eigenvalue weighted by Crippen LogP contribution is 2.42. The number of anilines is 2. The van der Waals surface area contributed by atoms with Gasteiger partial charge in [0.05, 0.1) is 47.8 Å². The van der Waals surface area contributed by atoms with Crippen molar-refractivity contribution in [1.29, 1.82) is 5.26 Å². The van der Waals surface area contributed by atoms with E-state index in [0.717, 1.165) is 39.1 Å². The van der Waals surface area contributed by atoms with Crippen molar-refractivity contribution >= 4 is 45.5 Å². The maximum atomic E-state index is 9.79. The number of likely N-dealkylation sites (N-methyl/N-ethyl adjacent to an activating group) is 1. The van der Waals surface area contributed by atoms with Crippen LogP contribution in [0.1, 0.15) is 18.9 Å². The third-order valence-electron chi connectivity index (χ3n) is 6.34. The second-order valence-corrected chi connectivity index (χ2v) is 9.61. The van der Waals surface area contributed by atoms with Gasteiger partial charge in [0.2, 0.25) is 0 Å². The molecule has 0 amide bonds. The van der Waals surface area contributed by atoms with E-state index in [2.05, 4.69) is 33.2 Å². The molecule has 10 heteroatoms. The summed E-state index contributed by atoms with van der Waals surface area (Å²) in [6.45, 7) is 8.32. The summed E-state index contributed by atoms with van der Waals surface area (Å²) >= 11 is 12.7. The number of halogens is 2. The summed E-state index contributed by atoms with van der Waals surface area (Å²) in [6.07, 6.45) is 2.45. The van der Waals surface area contributed by atoms with Crippen LogP contribution in [0, 0.1) is 11.3 Å². The van der Waals surface area contributed by atoms with Crippen LogP contribution < -0.4 is 19.5 Å². The fraction of sp³-hybridized carbons (Fsp3) is 0.407. The molecule has 0 spiro atoms. The Morgan fingerprint density at radius 2 is 1.86 bits per heavy atom. The molecular formula is C27H31Cl2N5O3. The lowest BCUT2D eigenvalue weighted by atomic mass is 10.1. The van der Waals surface area contributed by atoms with Gasteiger partial charge in [-0.3, -0.25) is 4.98 Å². The molecule has 0 aliphatic carbocycles. The SMILES string of the molecule is CCOc1cc2c(Nc3ccc(Cl)c(OC)c3Cl)c(C#N)cnc2cc1OCCCN1CCN(C)CC1. The van der Waals surface area contributed by atoms with Gasteiger partial charge in [0, 0.05) is 50.4 Å². The van der Waals surface area contributed by atoms with Gasteiger partial charge in [0.25, 0.3) is 0 Å². The summed E-state index contributed by atoms with van der Waals surface area (Å²) in [6, 6.07) is 9.33. The van der Waals surface area contributed by atoms with Gasteiger partial charge in [-0.15, -0.1) is 0 Å². The molecule has 1 fully saturated rings. The van der Waals surface area contributed by atoms with Crippen LogP contribution >= 0.6 is 23.2 Å². The number of fused-ring (bicyclic) bond motifs is 1. The second kappa shape index (κ2) is 12.5. The zero-order valence-electron chi connectivity index (χ0n) is 21.3. The topological polar surface area (TPSA) is 82.9 Å². The Balaban J connectivity index is 1.60. The highest BCUT2D eigenvalue weighted by atomic mass is 35.5. The van der Waals surface area contributed by atoms with E-state index in [4.69, 9.17) is 37.4 Å². The van der Waals surface area contributed by atoms with Crippen molar-refractivity contribution in [2.24, 2.45) is 0 Å². The van der Waals surface area contributed by atoms with Crippen LogP contribution in [0.3, 0.4) is 0 Å². The predicted molar refractivity (Wildman–Crippen MR) is 148 cm³/mol. The number of nitrogens with one attached hydrogen (secondary N) is 1. The van der Waals surface area contributed by atoms with Gasteiger partial charge in [-0.1, -0.05) is 23.2 Å². The molecule has 0 atom stereocenters. The molecule has 1 aliphatic heterocycles. The average Bonchev–Trinajstić information content (AvgIpc) is 2.90. The molecule has 0 saturated carbocycles. The van der Waals surface area contributed by atoms with Crippen molar-refractivity contribution in [3.05, 3.63) is 46.1 Å². The summed E-state index contributed by atoms with van der Waals surface area (Å²) in [4.78, 5) is 9.32. The smallest absolute Gasteiger partial charge is 0.163 e. The lowest BCUT2D eigenvalue weighted by Gasteiger charge is -2.32. The molecule has 0 bridgehead atoms. The molecule has 0 radical (unpaired) electrons. The van der Waals surface area contributed by atoms with Crippen molar-refractivity contribution in [2.45, 2.75) is 13.3 Å². The van der Waals surface area contributed by atoms with Crippen LogP contribution in [-0.4, -0.2) is 74.9 Å². The van der Waals surface area contributed by atoms with Crippen molar-refractivity contribution in [3.63, 3.8) is 0 Å². The Bertz CT molecular complexity index is 1290. The standard InChI is InChI=1S/C27H31Cl2N5O3/c1-4-36-23-14-19-22(15-24(23)37-13-5-8-34-11-9-33(2)10-12-34)31-17-18(16-30)26(19)32-21-7-6-20(28)27(35-3)25(21)29/h6-7,14-15,17H,4-5,8-13H2,1-3H3,(H,31,32). The molecule has 8 nitrogen and oxygen atoms in total. The number of hydrogen-bond acceptors (Lipinski definition) is 8. The molecule has 1 N–H and O–H groups in total. The molecule has 37 heavy (non-hydrogen) atoms. The number of piperazine rings is 1. The lowest BCUT2D eigenvalue weighted by Crippen LogP contribution is -2.44. The van der Waals surface area contributed by atoms with E-state index in [1.54, 1.807) is 12.1 Å². The van der Waals surface area contributed by atoms with Crippen molar-refractivity contribution in [1.82, 2.24) is 14.8 Å². The minimum atomic E-state index is 0.314. The van der Waals surface area contributed by atoms with E-state index in [1.807, 2.05) is 19.1 Å². The van der Waals surface area contributed by atoms with E-state index in [-0.39, 0.29) is 0 Å². The van der Waals surface area contributed by atoms with E-state index >= 15 is 0 Å². The number of hydrogen-bond donors (Lipinski definition) is 1. The van der Waals surface area contributed by atoms with E-state index in [9.17, 15) is 5.26 Å². The Labute approximate surface area is 227 Å². The molecule has 1 saturated heterocycles. The van der Waals surface area contributed by atoms with Crippen LogP contribution in [0.15, 0.2) is 30.5 Å². The number of nitrogens with zero attached hydrogens (tertiary/aromatic N) is 4. The predicted octanol–water partition coefficient (Wildman–Crippen LogP) is 5.58. The number of ether oxygens (including phenoxy) is 3. The number of methoxy groups -OCH3 is 1. The van der Waals surface area contributed by atoms with Crippen LogP contribution in [-0.2, 0) is 0 Å². The fourth-order valence-electron chi connectivity index (χ4n) is 4.29. The van der Waals surface area contributed by atoms with Gasteiger partial charge in [-0.05, 0) is 38.6 Å². The molecular weight excluding hydrogens is 513 g/mol. The molecule has 0 unspecified atom stereocenters. The maximum Gasteiger partial charge on any atom is 0.163 e. The zero-order chi connectivity index (χ0) is 26.4. The fourth-order valence-corrected chi connectivity index (χ4v) is 4.87. The van der Waals surface area contributed by atoms with E-state index < -0.39 is 0 Å². The van der Waals surface area contributed by atoms with Gasteiger partial charge in [0.15, 0.2) is 17.2 Å². The highest BCUT2D eigenvalue weighted by Gasteiger charge is 2.18. The van der Waals surface area contributed by atoms with Crippen LogP contribution in [0.4, 0.5) is 11.4 Å². The summed E-state index contributed by atoms with van der Waals surface area (Å²) < 4.78 is 17.4. The Kier molecular flexibility index (Phi) is 9.17. The van der Waals surface area contributed by atoms with E-state index in [1.165, 1.54) is 13.3 Å². The highest BCUT2D eigenvalue weighted by molar-refractivity contribution is 6.39. The first-order chi connectivity index (χ1) is 17.9. The Hall–Kier alpha value is -2.96. The lowest BCUT2D eigenvalue weighted by molar-refractivity contribution is 0.145. The van der Waals surface area contributed by atoms with Crippen LogP contribution in [0.2, 0.25) is 10.0 Å². The quantitative estimate of drug-likeness (QED) is 0.332.